The number of anilines is 2. The number of carbonyl (C=O) groups is 3. The number of hydrogen-bond acceptors (Lipinski definition) is 6. The van der Waals surface area contributed by atoms with E-state index in [0.29, 0.717) is 36.0 Å². The maximum absolute atomic E-state index is 12.5. The number of methoxy groups -OCH3 is 1. The lowest BCUT2D eigenvalue weighted by Gasteiger charge is -2.18. The summed E-state index contributed by atoms with van der Waals surface area (Å²) in [5, 5.41) is 5.66. The minimum absolute atomic E-state index is 0.0716. The summed E-state index contributed by atoms with van der Waals surface area (Å²) in [6.45, 7) is 1.40. The molecule has 2 aliphatic rings. The van der Waals surface area contributed by atoms with E-state index in [1.807, 2.05) is 0 Å². The van der Waals surface area contributed by atoms with E-state index >= 15 is 0 Å². The van der Waals surface area contributed by atoms with Gasteiger partial charge in [-0.15, -0.1) is 0 Å². The van der Waals surface area contributed by atoms with Crippen molar-refractivity contribution in [3.63, 3.8) is 0 Å². The van der Waals surface area contributed by atoms with E-state index in [2.05, 4.69) is 10.6 Å². The van der Waals surface area contributed by atoms with Crippen LogP contribution in [-0.2, 0) is 19.1 Å². The van der Waals surface area contributed by atoms with Gasteiger partial charge in [-0.1, -0.05) is 6.07 Å². The van der Waals surface area contributed by atoms with Gasteiger partial charge >= 0.3 is 0 Å². The second-order valence-corrected chi connectivity index (χ2v) is 8.35. The quantitative estimate of drug-likeness (QED) is 0.587. The Morgan fingerprint density at radius 2 is 1.97 bits per heavy atom. The molecular weight excluding hydrogens is 438 g/mol. The van der Waals surface area contributed by atoms with Crippen LogP contribution in [0.1, 0.15) is 19.3 Å². The van der Waals surface area contributed by atoms with Gasteiger partial charge < -0.3 is 29.7 Å². The lowest BCUT2D eigenvalue weighted by molar-refractivity contribution is -0.126. The fraction of sp³-hybridized carbons (Fsp3) is 0.400. The van der Waals surface area contributed by atoms with Crippen molar-refractivity contribution in [2.24, 2.45) is 5.92 Å². The Bertz CT molecular complexity index is 1020. The fourth-order valence-corrected chi connectivity index (χ4v) is 4.07. The summed E-state index contributed by atoms with van der Waals surface area (Å²) in [4.78, 5) is 38.8. The molecule has 3 amide bonds. The molecule has 2 atom stereocenters. The van der Waals surface area contributed by atoms with Gasteiger partial charge in [-0.3, -0.25) is 14.4 Å². The second-order valence-electron chi connectivity index (χ2n) is 8.35. The normalized spacial score (nSPS) is 19.7. The van der Waals surface area contributed by atoms with Gasteiger partial charge in [-0.25, -0.2) is 0 Å². The molecular formula is C25H29N3O6. The van der Waals surface area contributed by atoms with Gasteiger partial charge in [-0.05, 0) is 49.2 Å². The number of nitrogens with zero attached hydrogens (tertiary/aromatic N) is 1. The Labute approximate surface area is 198 Å². The summed E-state index contributed by atoms with van der Waals surface area (Å²) in [5.74, 6) is 0.251. The highest BCUT2D eigenvalue weighted by Crippen LogP contribution is 2.27. The summed E-state index contributed by atoms with van der Waals surface area (Å²) in [5.41, 5.74) is 1.30. The van der Waals surface area contributed by atoms with E-state index in [1.165, 1.54) is 0 Å². The molecule has 0 spiro atoms. The number of amides is 3. The van der Waals surface area contributed by atoms with Crippen LogP contribution in [0.4, 0.5) is 11.4 Å². The molecule has 2 saturated heterocycles. The van der Waals surface area contributed by atoms with Crippen LogP contribution in [0, 0.1) is 5.92 Å². The van der Waals surface area contributed by atoms with Gasteiger partial charge in [0.05, 0.1) is 19.1 Å². The Hall–Kier alpha value is -3.59. The van der Waals surface area contributed by atoms with Crippen LogP contribution in [0.2, 0.25) is 0 Å². The molecule has 0 unspecified atom stereocenters. The number of carbonyl (C=O) groups excluding carboxylic acids is 3. The number of rotatable bonds is 9. The fourth-order valence-electron chi connectivity index (χ4n) is 4.07. The van der Waals surface area contributed by atoms with Crippen molar-refractivity contribution in [1.29, 1.82) is 0 Å². The van der Waals surface area contributed by atoms with Crippen LogP contribution >= 0.6 is 0 Å². The van der Waals surface area contributed by atoms with Crippen LogP contribution in [0.15, 0.2) is 48.5 Å². The van der Waals surface area contributed by atoms with Crippen LogP contribution in [0.25, 0.3) is 0 Å². The summed E-state index contributed by atoms with van der Waals surface area (Å²) < 4.78 is 16.2. The molecule has 4 rings (SSSR count). The average molecular weight is 468 g/mol. The number of ether oxygens (including phenoxy) is 3. The summed E-state index contributed by atoms with van der Waals surface area (Å²) in [7, 11) is 1.56. The highest BCUT2D eigenvalue weighted by atomic mass is 16.5. The molecule has 2 heterocycles. The van der Waals surface area contributed by atoms with E-state index in [9.17, 15) is 14.4 Å². The lowest BCUT2D eigenvalue weighted by Crippen LogP contribution is -2.37. The second kappa shape index (κ2) is 11.0. The maximum atomic E-state index is 12.5. The zero-order valence-electron chi connectivity index (χ0n) is 19.1. The van der Waals surface area contributed by atoms with Crippen molar-refractivity contribution in [2.45, 2.75) is 25.4 Å². The topological polar surface area (TPSA) is 106 Å². The van der Waals surface area contributed by atoms with E-state index in [1.54, 1.807) is 60.5 Å². The minimum Gasteiger partial charge on any atom is -0.497 e. The Kier molecular flexibility index (Phi) is 7.64. The van der Waals surface area contributed by atoms with Crippen molar-refractivity contribution in [2.75, 3.05) is 43.6 Å². The molecule has 2 fully saturated rings. The third kappa shape index (κ3) is 6.05. The molecule has 0 bridgehead atoms. The molecule has 2 aliphatic heterocycles. The van der Waals surface area contributed by atoms with Gasteiger partial charge in [-0.2, -0.15) is 0 Å². The zero-order valence-corrected chi connectivity index (χ0v) is 19.1. The Morgan fingerprint density at radius 1 is 1.15 bits per heavy atom. The lowest BCUT2D eigenvalue weighted by atomic mass is 10.1. The minimum atomic E-state index is -0.384. The predicted octanol–water partition coefficient (Wildman–Crippen LogP) is 2.36. The van der Waals surface area contributed by atoms with Gasteiger partial charge in [0.15, 0.2) is 6.61 Å². The van der Waals surface area contributed by atoms with E-state index in [0.717, 1.165) is 19.4 Å². The largest absolute Gasteiger partial charge is 0.497 e. The molecule has 2 aromatic carbocycles. The molecule has 0 radical (unpaired) electrons. The number of hydrogen-bond donors (Lipinski definition) is 2. The van der Waals surface area contributed by atoms with E-state index < -0.39 is 0 Å². The monoisotopic (exact) mass is 467 g/mol. The first-order chi connectivity index (χ1) is 16.5. The molecule has 180 valence electrons. The SMILES string of the molecule is COc1cccc(NC(=O)COc2ccc(N3C[C@H](C(=O)NC[C@H]4CCCO4)CC3=O)cc2)c1. The summed E-state index contributed by atoms with van der Waals surface area (Å²) in [6, 6.07) is 14.0. The highest BCUT2D eigenvalue weighted by Gasteiger charge is 2.35. The molecule has 0 saturated carbocycles. The van der Waals surface area contributed by atoms with Crippen LogP contribution in [0.3, 0.4) is 0 Å². The highest BCUT2D eigenvalue weighted by molar-refractivity contribution is 6.00. The van der Waals surface area contributed by atoms with Crippen molar-refractivity contribution in [3.8, 4) is 11.5 Å². The first kappa shape index (κ1) is 23.6. The predicted molar refractivity (Wildman–Crippen MR) is 126 cm³/mol. The molecule has 0 aliphatic carbocycles. The third-order valence-electron chi connectivity index (χ3n) is 5.90. The number of nitrogens with one attached hydrogen (secondary N) is 2. The number of benzene rings is 2. The Balaban J connectivity index is 1.25. The smallest absolute Gasteiger partial charge is 0.262 e. The molecule has 2 aromatic rings. The summed E-state index contributed by atoms with van der Waals surface area (Å²) >= 11 is 0. The first-order valence-corrected chi connectivity index (χ1v) is 11.4. The van der Waals surface area contributed by atoms with Crippen molar-refractivity contribution >= 4 is 29.1 Å². The van der Waals surface area contributed by atoms with E-state index in [-0.39, 0.29) is 42.8 Å². The third-order valence-corrected chi connectivity index (χ3v) is 5.90. The van der Waals surface area contributed by atoms with E-state index in [4.69, 9.17) is 14.2 Å². The van der Waals surface area contributed by atoms with Gasteiger partial charge in [0.25, 0.3) is 5.91 Å². The van der Waals surface area contributed by atoms with Crippen molar-refractivity contribution in [1.82, 2.24) is 5.32 Å². The van der Waals surface area contributed by atoms with Crippen LogP contribution < -0.4 is 25.0 Å². The van der Waals surface area contributed by atoms with Crippen LogP contribution in [0.5, 0.6) is 11.5 Å². The van der Waals surface area contributed by atoms with Crippen molar-refractivity contribution in [3.05, 3.63) is 48.5 Å². The van der Waals surface area contributed by atoms with Crippen molar-refractivity contribution < 1.29 is 28.6 Å². The molecule has 9 nitrogen and oxygen atoms in total. The molecule has 34 heavy (non-hydrogen) atoms. The molecule has 9 heteroatoms. The van der Waals surface area contributed by atoms with Crippen LogP contribution in [-0.4, -0.2) is 57.2 Å². The Morgan fingerprint density at radius 3 is 2.71 bits per heavy atom. The van der Waals surface area contributed by atoms with Gasteiger partial charge in [0, 0.05) is 43.6 Å². The molecule has 0 aromatic heterocycles. The van der Waals surface area contributed by atoms with Gasteiger partial charge in [0.2, 0.25) is 11.8 Å². The first-order valence-electron chi connectivity index (χ1n) is 11.4. The summed E-state index contributed by atoms with van der Waals surface area (Å²) in [6.07, 6.45) is 2.22. The zero-order chi connectivity index (χ0) is 23.9. The maximum Gasteiger partial charge on any atom is 0.262 e. The van der Waals surface area contributed by atoms with Gasteiger partial charge in [0.1, 0.15) is 11.5 Å². The average Bonchev–Trinajstić information content (AvgIpc) is 3.51. The standard InChI is InChI=1S/C25H29N3O6/c1-32-21-5-2-4-18(13-21)27-23(29)16-34-20-9-7-19(8-10-20)28-15-17(12-24(28)30)25(31)26-14-22-6-3-11-33-22/h2,4-5,7-10,13,17,22H,3,6,11-12,14-16H2,1H3,(H,26,31)(H,27,29)/t17-,22-/m1/s1. The molecule has 2 N–H and O–H groups in total.